The summed E-state index contributed by atoms with van der Waals surface area (Å²) in [4.78, 5) is 49.6. The zero-order valence-corrected chi connectivity index (χ0v) is 18.0. The molecule has 1 heterocycles. The summed E-state index contributed by atoms with van der Waals surface area (Å²) in [5, 5.41) is 1.68. The number of anilines is 1. The average Bonchev–Trinajstić information content (AvgIpc) is 2.97. The minimum absolute atomic E-state index is 0.0265. The van der Waals surface area contributed by atoms with Crippen LogP contribution in [0.2, 0.25) is 5.02 Å². The van der Waals surface area contributed by atoms with Crippen molar-refractivity contribution in [1.29, 1.82) is 0 Å². The molecule has 1 aliphatic rings. The number of esters is 1. The highest BCUT2D eigenvalue weighted by molar-refractivity contribution is 6.34. The van der Waals surface area contributed by atoms with Gasteiger partial charge in [0.25, 0.3) is 17.7 Å². The van der Waals surface area contributed by atoms with Crippen molar-refractivity contribution in [2.45, 2.75) is 25.9 Å². The number of rotatable bonds is 7. The molecule has 7 nitrogen and oxygen atoms in total. The second kappa shape index (κ2) is 9.62. The topological polar surface area (TPSA) is 92.8 Å². The number of fused-ring (bicyclic) bond motifs is 1. The van der Waals surface area contributed by atoms with E-state index in [-0.39, 0.29) is 24.4 Å². The number of ether oxygens (including phenoxy) is 1. The quantitative estimate of drug-likeness (QED) is 0.471. The standard InChI is InChI=1S/C22H18ClF3N2O5/c1-12-7-8-13-14(10-12)21(32)28(20(13)31)9-3-6-18(30)33-11-17(29)27-19-15(22(24,25)26)4-2-5-16(19)23/h2,4-5,7-8,10H,3,6,9,11H2,1H3,(H,27,29). The Hall–Kier alpha value is -3.40. The molecule has 0 aromatic heterocycles. The van der Waals surface area contributed by atoms with Crippen LogP contribution in [0.1, 0.15) is 44.7 Å². The number of carbonyl (C=O) groups excluding carboxylic acids is 4. The van der Waals surface area contributed by atoms with Crippen molar-refractivity contribution in [2.75, 3.05) is 18.5 Å². The van der Waals surface area contributed by atoms with E-state index in [2.05, 4.69) is 0 Å². The lowest BCUT2D eigenvalue weighted by atomic mass is 10.1. The number of carbonyl (C=O) groups is 4. The first-order valence-corrected chi connectivity index (χ1v) is 10.1. The van der Waals surface area contributed by atoms with Crippen LogP contribution in [-0.4, -0.2) is 41.7 Å². The largest absolute Gasteiger partial charge is 0.456 e. The van der Waals surface area contributed by atoms with E-state index in [9.17, 15) is 32.3 Å². The second-order valence-corrected chi connectivity index (χ2v) is 7.69. The maximum Gasteiger partial charge on any atom is 0.418 e. The molecule has 1 aliphatic heterocycles. The number of amides is 3. The SMILES string of the molecule is Cc1ccc2c(c1)C(=O)N(CCCC(=O)OCC(=O)Nc1c(Cl)cccc1C(F)(F)F)C2=O. The van der Waals surface area contributed by atoms with E-state index in [4.69, 9.17) is 16.3 Å². The van der Waals surface area contributed by atoms with Gasteiger partial charge in [0.1, 0.15) is 0 Å². The Bertz CT molecular complexity index is 1130. The Morgan fingerprint density at radius 1 is 1.09 bits per heavy atom. The minimum Gasteiger partial charge on any atom is -0.456 e. The van der Waals surface area contributed by atoms with E-state index in [1.165, 1.54) is 6.07 Å². The molecule has 0 saturated heterocycles. The van der Waals surface area contributed by atoms with Crippen LogP contribution in [-0.2, 0) is 20.5 Å². The van der Waals surface area contributed by atoms with Gasteiger partial charge in [0.15, 0.2) is 6.61 Å². The van der Waals surface area contributed by atoms with Crippen molar-refractivity contribution in [3.63, 3.8) is 0 Å². The molecule has 0 atom stereocenters. The number of para-hydroxylation sites is 1. The number of halogens is 4. The molecule has 0 fully saturated rings. The lowest BCUT2D eigenvalue weighted by molar-refractivity contribution is -0.147. The van der Waals surface area contributed by atoms with Crippen molar-refractivity contribution in [3.8, 4) is 0 Å². The number of alkyl halides is 3. The maximum atomic E-state index is 13.1. The van der Waals surface area contributed by atoms with Crippen molar-refractivity contribution in [2.24, 2.45) is 0 Å². The molecule has 3 rings (SSSR count). The first-order valence-electron chi connectivity index (χ1n) is 9.77. The van der Waals surface area contributed by atoms with Gasteiger partial charge in [-0.25, -0.2) is 0 Å². The smallest absolute Gasteiger partial charge is 0.418 e. The summed E-state index contributed by atoms with van der Waals surface area (Å²) >= 11 is 5.76. The number of nitrogens with zero attached hydrogens (tertiary/aromatic N) is 1. The van der Waals surface area contributed by atoms with Crippen molar-refractivity contribution in [1.82, 2.24) is 4.90 Å². The zero-order chi connectivity index (χ0) is 24.3. The van der Waals surface area contributed by atoms with Crippen LogP contribution in [0.4, 0.5) is 18.9 Å². The summed E-state index contributed by atoms with van der Waals surface area (Å²) in [5.41, 5.74) is -0.336. The molecule has 0 unspecified atom stereocenters. The van der Waals surface area contributed by atoms with Crippen LogP contribution >= 0.6 is 11.6 Å². The van der Waals surface area contributed by atoms with Crippen molar-refractivity contribution >= 4 is 41.0 Å². The summed E-state index contributed by atoms with van der Waals surface area (Å²) < 4.78 is 44.0. The highest BCUT2D eigenvalue weighted by Gasteiger charge is 2.36. The first kappa shape index (κ1) is 24.2. The average molecular weight is 483 g/mol. The van der Waals surface area contributed by atoms with E-state index in [1.807, 2.05) is 5.32 Å². The molecule has 0 aliphatic carbocycles. The van der Waals surface area contributed by atoms with Gasteiger partial charge < -0.3 is 10.1 Å². The molecule has 0 radical (unpaired) electrons. The fourth-order valence-corrected chi connectivity index (χ4v) is 3.49. The number of hydrogen-bond donors (Lipinski definition) is 1. The van der Waals surface area contributed by atoms with Gasteiger partial charge in [0, 0.05) is 13.0 Å². The van der Waals surface area contributed by atoms with Gasteiger partial charge in [-0.1, -0.05) is 29.3 Å². The van der Waals surface area contributed by atoms with Crippen LogP contribution in [0.3, 0.4) is 0 Å². The molecule has 2 aromatic rings. The van der Waals surface area contributed by atoms with Crippen LogP contribution in [0.5, 0.6) is 0 Å². The van der Waals surface area contributed by atoms with E-state index in [1.54, 1.807) is 25.1 Å². The molecule has 3 amide bonds. The van der Waals surface area contributed by atoms with Gasteiger partial charge in [-0.2, -0.15) is 13.2 Å². The number of imide groups is 1. The lowest BCUT2D eigenvalue weighted by Gasteiger charge is -2.15. The summed E-state index contributed by atoms with van der Waals surface area (Å²) in [7, 11) is 0. The Morgan fingerprint density at radius 3 is 2.48 bits per heavy atom. The summed E-state index contributed by atoms with van der Waals surface area (Å²) in [6.07, 6.45) is -4.86. The maximum absolute atomic E-state index is 13.1. The molecule has 0 saturated carbocycles. The van der Waals surface area contributed by atoms with Gasteiger partial charge in [0.05, 0.1) is 27.4 Å². The molecule has 0 spiro atoms. The van der Waals surface area contributed by atoms with Gasteiger partial charge >= 0.3 is 12.1 Å². The number of aryl methyl sites for hydroxylation is 1. The van der Waals surface area contributed by atoms with E-state index >= 15 is 0 Å². The summed E-state index contributed by atoms with van der Waals surface area (Å²) in [5.74, 6) is -2.72. The third-order valence-electron chi connectivity index (χ3n) is 4.84. The Labute approximate surface area is 191 Å². The van der Waals surface area contributed by atoms with Crippen molar-refractivity contribution < 1.29 is 37.1 Å². The molecule has 174 valence electrons. The van der Waals surface area contributed by atoms with Crippen LogP contribution in [0.25, 0.3) is 0 Å². The lowest BCUT2D eigenvalue weighted by Crippen LogP contribution is -2.31. The van der Waals surface area contributed by atoms with Gasteiger partial charge in [-0.05, 0) is 37.6 Å². The molecular formula is C22H18ClF3N2O5. The fraction of sp³-hybridized carbons (Fsp3) is 0.273. The second-order valence-electron chi connectivity index (χ2n) is 7.28. The summed E-state index contributed by atoms with van der Waals surface area (Å²) in [6, 6.07) is 7.94. The van der Waals surface area contributed by atoms with Crippen LogP contribution in [0, 0.1) is 6.92 Å². The highest BCUT2D eigenvalue weighted by Crippen LogP contribution is 2.38. The van der Waals surface area contributed by atoms with Crippen LogP contribution < -0.4 is 5.32 Å². The molecule has 0 bridgehead atoms. The monoisotopic (exact) mass is 482 g/mol. The normalized spacial score (nSPS) is 13.2. The first-order chi connectivity index (χ1) is 15.5. The van der Waals surface area contributed by atoms with Gasteiger partial charge in [0.2, 0.25) is 0 Å². The molecule has 2 aromatic carbocycles. The zero-order valence-electron chi connectivity index (χ0n) is 17.3. The number of nitrogens with one attached hydrogen (secondary N) is 1. The third kappa shape index (κ3) is 5.51. The molecular weight excluding hydrogens is 465 g/mol. The Kier molecular flexibility index (Phi) is 7.06. The number of hydrogen-bond acceptors (Lipinski definition) is 5. The molecule has 1 N–H and O–H groups in total. The van der Waals surface area contributed by atoms with Gasteiger partial charge in [-0.3, -0.25) is 24.1 Å². The fourth-order valence-electron chi connectivity index (χ4n) is 3.27. The third-order valence-corrected chi connectivity index (χ3v) is 5.15. The van der Waals surface area contributed by atoms with Gasteiger partial charge in [-0.15, -0.1) is 0 Å². The highest BCUT2D eigenvalue weighted by atomic mass is 35.5. The minimum atomic E-state index is -4.74. The molecule has 11 heteroatoms. The van der Waals surface area contributed by atoms with Crippen LogP contribution in [0.15, 0.2) is 36.4 Å². The number of benzene rings is 2. The van der Waals surface area contributed by atoms with E-state index < -0.39 is 47.7 Å². The molecule has 33 heavy (non-hydrogen) atoms. The summed E-state index contributed by atoms with van der Waals surface area (Å²) in [6.45, 7) is 0.942. The Balaban J connectivity index is 1.48. The predicted octanol–water partition coefficient (Wildman–Crippen LogP) is 4.23. The Morgan fingerprint density at radius 2 is 1.79 bits per heavy atom. The van der Waals surface area contributed by atoms with Crippen molar-refractivity contribution in [3.05, 3.63) is 63.7 Å². The predicted molar refractivity (Wildman–Crippen MR) is 112 cm³/mol. The van der Waals surface area contributed by atoms with E-state index in [0.717, 1.165) is 22.6 Å². The van der Waals surface area contributed by atoms with E-state index in [0.29, 0.717) is 11.1 Å².